The van der Waals surface area contributed by atoms with Crippen molar-refractivity contribution in [3.63, 3.8) is 0 Å². The average molecular weight is 561 g/mol. The van der Waals surface area contributed by atoms with Crippen molar-refractivity contribution >= 4 is 23.8 Å². The van der Waals surface area contributed by atoms with Gasteiger partial charge in [-0.25, -0.2) is 4.79 Å². The lowest BCUT2D eigenvalue weighted by Gasteiger charge is -2.35. The van der Waals surface area contributed by atoms with Gasteiger partial charge in [0.1, 0.15) is 17.7 Å². The number of ether oxygens (including phenoxy) is 1. The zero-order chi connectivity index (χ0) is 30.5. The largest absolute Gasteiger partial charge is 0.444 e. The summed E-state index contributed by atoms with van der Waals surface area (Å²) in [5.74, 6) is -1.61. The molecule has 4 N–H and O–H groups in total. The van der Waals surface area contributed by atoms with Crippen LogP contribution in [0.1, 0.15) is 116 Å². The molecule has 0 aliphatic rings. The Bertz CT molecular complexity index is 988. The van der Waals surface area contributed by atoms with Crippen LogP contribution in [0.25, 0.3) is 0 Å². The van der Waals surface area contributed by atoms with E-state index in [1.54, 1.807) is 20.8 Å². The molecule has 0 bridgehead atoms. The van der Waals surface area contributed by atoms with E-state index in [0.717, 1.165) is 49.7 Å². The average Bonchev–Trinajstić information content (AvgIpc) is 2.83. The zero-order valence-corrected chi connectivity index (χ0v) is 25.9. The van der Waals surface area contributed by atoms with E-state index in [1.807, 2.05) is 45.9 Å². The summed E-state index contributed by atoms with van der Waals surface area (Å²) >= 11 is 0. The smallest absolute Gasteiger partial charge is 0.408 e. The molecule has 1 aromatic rings. The molecule has 3 atom stereocenters. The van der Waals surface area contributed by atoms with Crippen LogP contribution in [-0.4, -0.2) is 52.9 Å². The van der Waals surface area contributed by atoms with Gasteiger partial charge in [-0.15, -0.1) is 0 Å². The normalized spacial score (nSPS) is 13.6. The van der Waals surface area contributed by atoms with Gasteiger partial charge in [0.25, 0.3) is 0 Å². The molecule has 0 fully saturated rings. The first-order chi connectivity index (χ1) is 18.7. The lowest BCUT2D eigenvalue weighted by Crippen LogP contribution is -2.54. The number of carbonyl (C=O) groups is 4. The van der Waals surface area contributed by atoms with Crippen molar-refractivity contribution in [2.45, 2.75) is 130 Å². The maximum Gasteiger partial charge on any atom is 0.408 e. The lowest BCUT2D eigenvalue weighted by atomic mass is 9.97. The predicted molar refractivity (Wildman–Crippen MR) is 159 cm³/mol. The van der Waals surface area contributed by atoms with Crippen LogP contribution in [0, 0.1) is 13.8 Å². The molecular formula is C31H52N4O5. The fourth-order valence-corrected chi connectivity index (χ4v) is 4.54. The van der Waals surface area contributed by atoms with Crippen LogP contribution in [0.4, 0.5) is 4.79 Å². The predicted octanol–water partition coefficient (Wildman–Crippen LogP) is 5.22. The SMILES string of the molecule is CCCCCCCN(C(=O)C(CC(N)=O)NC(=O)OC(C)(C)C)C(C(=O)NC(C)CCC)c1ccc(C)c(C)c1. The summed E-state index contributed by atoms with van der Waals surface area (Å²) in [6, 6.07) is 3.40. The summed E-state index contributed by atoms with van der Waals surface area (Å²) in [6.07, 6.45) is 5.15. The first-order valence-electron chi connectivity index (χ1n) is 14.7. The number of hydrogen-bond donors (Lipinski definition) is 3. The fourth-order valence-electron chi connectivity index (χ4n) is 4.54. The number of nitrogens with two attached hydrogens (primary N) is 1. The van der Waals surface area contributed by atoms with Crippen LogP contribution in [0.2, 0.25) is 0 Å². The van der Waals surface area contributed by atoms with Crippen LogP contribution in [0.15, 0.2) is 18.2 Å². The Hall–Kier alpha value is -3.10. The summed E-state index contributed by atoms with van der Waals surface area (Å²) in [7, 11) is 0. The third-order valence-corrected chi connectivity index (χ3v) is 6.70. The molecule has 3 unspecified atom stereocenters. The van der Waals surface area contributed by atoms with Gasteiger partial charge in [-0.3, -0.25) is 14.4 Å². The maximum absolute atomic E-state index is 14.2. The summed E-state index contributed by atoms with van der Waals surface area (Å²) in [5.41, 5.74) is 7.41. The number of rotatable bonds is 16. The second-order valence-electron chi connectivity index (χ2n) is 11.8. The standard InChI is InChI=1S/C31H52N4O5/c1-9-11-12-13-14-18-35(29(38)25(20-26(32)36)34-30(39)40-31(6,7)8)27(28(37)33-23(5)15-10-2)24-17-16-21(3)22(4)19-24/h16-17,19,23,25,27H,9-15,18,20H2,1-8H3,(H2,32,36)(H,33,37)(H,34,39). The van der Waals surface area contributed by atoms with Crippen LogP contribution < -0.4 is 16.4 Å². The van der Waals surface area contributed by atoms with E-state index < -0.39 is 42.0 Å². The molecule has 0 aromatic heterocycles. The molecule has 226 valence electrons. The van der Waals surface area contributed by atoms with Crippen molar-refractivity contribution in [1.82, 2.24) is 15.5 Å². The minimum atomic E-state index is -1.28. The van der Waals surface area contributed by atoms with Gasteiger partial charge in [-0.1, -0.05) is 64.2 Å². The summed E-state index contributed by atoms with van der Waals surface area (Å²) < 4.78 is 5.35. The Morgan fingerprint density at radius 3 is 2.15 bits per heavy atom. The Morgan fingerprint density at radius 2 is 1.60 bits per heavy atom. The van der Waals surface area contributed by atoms with Crippen molar-refractivity contribution in [3.05, 3.63) is 34.9 Å². The Balaban J connectivity index is 3.55. The van der Waals surface area contributed by atoms with Crippen molar-refractivity contribution in [1.29, 1.82) is 0 Å². The molecule has 0 aliphatic heterocycles. The number of primary amides is 1. The van der Waals surface area contributed by atoms with Crippen LogP contribution >= 0.6 is 0 Å². The third-order valence-electron chi connectivity index (χ3n) is 6.70. The van der Waals surface area contributed by atoms with Crippen LogP contribution in [-0.2, 0) is 19.1 Å². The van der Waals surface area contributed by atoms with E-state index >= 15 is 0 Å². The molecule has 0 saturated carbocycles. The summed E-state index contributed by atoms with van der Waals surface area (Å²) in [6.45, 7) is 15.5. The van der Waals surface area contributed by atoms with Crippen LogP contribution in [0.5, 0.6) is 0 Å². The number of benzene rings is 1. The van der Waals surface area contributed by atoms with E-state index in [-0.39, 0.29) is 18.5 Å². The number of nitrogens with one attached hydrogen (secondary N) is 2. The van der Waals surface area contributed by atoms with Gasteiger partial charge >= 0.3 is 6.09 Å². The highest BCUT2D eigenvalue weighted by Crippen LogP contribution is 2.26. The number of aryl methyl sites for hydroxylation is 2. The van der Waals surface area contributed by atoms with Gasteiger partial charge in [0.05, 0.1) is 6.42 Å². The minimum absolute atomic E-state index is 0.0886. The second-order valence-corrected chi connectivity index (χ2v) is 11.8. The Labute approximate surface area is 241 Å². The molecular weight excluding hydrogens is 508 g/mol. The topological polar surface area (TPSA) is 131 Å². The van der Waals surface area contributed by atoms with E-state index in [4.69, 9.17) is 10.5 Å². The lowest BCUT2D eigenvalue weighted by molar-refractivity contribution is -0.143. The second kappa shape index (κ2) is 16.9. The number of unbranched alkanes of at least 4 members (excludes halogenated alkanes) is 4. The Kier molecular flexibility index (Phi) is 14.7. The van der Waals surface area contributed by atoms with Gasteiger partial charge < -0.3 is 26.0 Å². The monoisotopic (exact) mass is 560 g/mol. The highest BCUT2D eigenvalue weighted by atomic mass is 16.6. The van der Waals surface area contributed by atoms with Gasteiger partial charge in [0.2, 0.25) is 17.7 Å². The first kappa shape index (κ1) is 34.9. The molecule has 40 heavy (non-hydrogen) atoms. The number of amides is 4. The van der Waals surface area contributed by atoms with Crippen molar-refractivity contribution in [2.75, 3.05) is 6.54 Å². The van der Waals surface area contributed by atoms with E-state index in [1.165, 1.54) is 4.90 Å². The molecule has 1 rings (SSSR count). The zero-order valence-electron chi connectivity index (χ0n) is 25.9. The molecule has 4 amide bonds. The molecule has 0 spiro atoms. The Morgan fingerprint density at radius 1 is 0.950 bits per heavy atom. The molecule has 0 heterocycles. The van der Waals surface area contributed by atoms with Crippen molar-refractivity contribution in [2.24, 2.45) is 5.73 Å². The highest BCUT2D eigenvalue weighted by Gasteiger charge is 2.37. The first-order valence-corrected chi connectivity index (χ1v) is 14.7. The number of carbonyl (C=O) groups excluding carboxylic acids is 4. The van der Waals surface area contributed by atoms with Gasteiger partial charge in [0, 0.05) is 12.6 Å². The molecule has 0 aliphatic carbocycles. The quantitative estimate of drug-likeness (QED) is 0.239. The van der Waals surface area contributed by atoms with Gasteiger partial charge in [0.15, 0.2) is 0 Å². The van der Waals surface area contributed by atoms with Gasteiger partial charge in [-0.05, 0) is 71.1 Å². The number of nitrogens with zero attached hydrogens (tertiary/aromatic N) is 1. The minimum Gasteiger partial charge on any atom is -0.444 e. The molecule has 0 saturated heterocycles. The van der Waals surface area contributed by atoms with Crippen molar-refractivity contribution in [3.8, 4) is 0 Å². The molecule has 1 aromatic carbocycles. The van der Waals surface area contributed by atoms with E-state index in [0.29, 0.717) is 12.0 Å². The number of alkyl carbamates (subject to hydrolysis) is 1. The van der Waals surface area contributed by atoms with E-state index in [2.05, 4.69) is 17.6 Å². The van der Waals surface area contributed by atoms with Gasteiger partial charge in [-0.2, -0.15) is 0 Å². The highest BCUT2D eigenvalue weighted by molar-refractivity contribution is 5.94. The van der Waals surface area contributed by atoms with Crippen molar-refractivity contribution < 1.29 is 23.9 Å². The third kappa shape index (κ3) is 12.4. The fraction of sp³-hybridized carbons (Fsp3) is 0.677. The summed E-state index contributed by atoms with van der Waals surface area (Å²) in [4.78, 5) is 54.1. The molecule has 0 radical (unpaired) electrons. The number of hydrogen-bond acceptors (Lipinski definition) is 5. The summed E-state index contributed by atoms with van der Waals surface area (Å²) in [5, 5.41) is 5.61. The van der Waals surface area contributed by atoms with E-state index in [9.17, 15) is 19.2 Å². The molecule has 9 nitrogen and oxygen atoms in total. The maximum atomic E-state index is 14.2. The molecule has 9 heteroatoms. The van der Waals surface area contributed by atoms with Crippen LogP contribution in [0.3, 0.4) is 0 Å².